The minimum absolute atomic E-state index is 0.239. The summed E-state index contributed by atoms with van der Waals surface area (Å²) in [6.07, 6.45) is 2.27. The molecule has 0 aliphatic carbocycles. The lowest BCUT2D eigenvalue weighted by molar-refractivity contribution is -0.129. The fourth-order valence-electron chi connectivity index (χ4n) is 4.03. The van der Waals surface area contributed by atoms with E-state index in [1.54, 1.807) is 29.1 Å². The number of likely N-dealkylation sites (tertiary alicyclic amines) is 1. The minimum atomic E-state index is -0.948. The number of imide groups is 1. The summed E-state index contributed by atoms with van der Waals surface area (Å²) in [5.41, 5.74) is 0.0721. The number of rotatable bonds is 3. The minimum Gasteiger partial charge on any atom is -0.338 e. The van der Waals surface area contributed by atoms with Crippen molar-refractivity contribution in [3.05, 3.63) is 70.1 Å². The van der Waals surface area contributed by atoms with Crippen molar-refractivity contribution in [3.63, 3.8) is 0 Å². The average molecular weight is 394 g/mol. The molecule has 2 fully saturated rings. The van der Waals surface area contributed by atoms with Crippen LogP contribution in [0.1, 0.15) is 28.8 Å². The van der Waals surface area contributed by atoms with E-state index >= 15 is 0 Å². The van der Waals surface area contributed by atoms with E-state index in [1.165, 1.54) is 10.6 Å². The van der Waals surface area contributed by atoms with Gasteiger partial charge in [-0.3, -0.25) is 19.7 Å². The summed E-state index contributed by atoms with van der Waals surface area (Å²) in [6, 6.07) is 12.0. The Morgan fingerprint density at radius 1 is 1.07 bits per heavy atom. The first-order valence-corrected chi connectivity index (χ1v) is 9.54. The second-order valence-electron chi connectivity index (χ2n) is 7.52. The van der Waals surface area contributed by atoms with Gasteiger partial charge < -0.3 is 14.4 Å². The van der Waals surface area contributed by atoms with Crippen LogP contribution in [0.4, 0.5) is 4.79 Å². The van der Waals surface area contributed by atoms with Crippen LogP contribution in [0.5, 0.6) is 0 Å². The molecule has 150 valence electrons. The fourth-order valence-corrected chi connectivity index (χ4v) is 4.03. The Balaban J connectivity index is 1.52. The number of hydrogen-bond acceptors (Lipinski definition) is 4. The van der Waals surface area contributed by atoms with Crippen molar-refractivity contribution in [2.24, 2.45) is 7.05 Å². The highest BCUT2D eigenvalue weighted by Gasteiger charge is 2.54. The van der Waals surface area contributed by atoms with Crippen LogP contribution in [0.15, 0.2) is 53.5 Å². The molecule has 1 N–H and O–H groups in total. The molecule has 4 amide bonds. The first-order chi connectivity index (χ1) is 13.9. The molecule has 29 heavy (non-hydrogen) atoms. The van der Waals surface area contributed by atoms with E-state index in [0.717, 1.165) is 5.56 Å². The van der Waals surface area contributed by atoms with Gasteiger partial charge in [-0.15, -0.1) is 0 Å². The van der Waals surface area contributed by atoms with Crippen molar-refractivity contribution in [3.8, 4) is 0 Å². The van der Waals surface area contributed by atoms with Gasteiger partial charge in [-0.25, -0.2) is 4.79 Å². The first-order valence-electron chi connectivity index (χ1n) is 9.54. The maximum absolute atomic E-state index is 12.8. The van der Waals surface area contributed by atoms with Crippen molar-refractivity contribution in [1.82, 2.24) is 19.7 Å². The summed E-state index contributed by atoms with van der Waals surface area (Å²) in [5.74, 6) is -0.545. The van der Waals surface area contributed by atoms with Crippen molar-refractivity contribution < 1.29 is 14.4 Å². The van der Waals surface area contributed by atoms with Crippen molar-refractivity contribution in [2.45, 2.75) is 24.9 Å². The molecule has 8 nitrogen and oxygen atoms in total. The largest absolute Gasteiger partial charge is 0.338 e. The van der Waals surface area contributed by atoms with Gasteiger partial charge in [-0.1, -0.05) is 30.3 Å². The SMILES string of the molecule is Cn1ccc(C(=O)N2CCC3(CC2)C(=O)NC(=O)N3Cc2ccccc2)cc1=O. The van der Waals surface area contributed by atoms with E-state index in [2.05, 4.69) is 5.32 Å². The molecule has 4 rings (SSSR count). The highest BCUT2D eigenvalue weighted by atomic mass is 16.2. The van der Waals surface area contributed by atoms with E-state index in [4.69, 9.17) is 0 Å². The number of nitrogens with zero attached hydrogens (tertiary/aromatic N) is 3. The molecule has 0 bridgehead atoms. The van der Waals surface area contributed by atoms with E-state index in [-0.39, 0.29) is 17.4 Å². The summed E-state index contributed by atoms with van der Waals surface area (Å²) < 4.78 is 1.40. The molecule has 3 heterocycles. The Morgan fingerprint density at radius 3 is 2.41 bits per heavy atom. The lowest BCUT2D eigenvalue weighted by Crippen LogP contribution is -2.57. The number of carbonyl (C=O) groups is 3. The fraction of sp³-hybridized carbons (Fsp3) is 0.333. The molecule has 0 saturated carbocycles. The predicted octanol–water partition coefficient (Wildman–Crippen LogP) is 1.11. The number of hydrogen-bond donors (Lipinski definition) is 1. The van der Waals surface area contributed by atoms with Gasteiger partial charge in [0.2, 0.25) is 0 Å². The van der Waals surface area contributed by atoms with Crippen LogP contribution < -0.4 is 10.9 Å². The molecule has 0 atom stereocenters. The lowest BCUT2D eigenvalue weighted by Gasteiger charge is -2.42. The molecule has 2 aromatic rings. The lowest BCUT2D eigenvalue weighted by atomic mass is 9.85. The van der Waals surface area contributed by atoms with Gasteiger partial charge in [0.25, 0.3) is 17.4 Å². The summed E-state index contributed by atoms with van der Waals surface area (Å²) in [6.45, 7) is 1.00. The number of pyridine rings is 1. The van der Waals surface area contributed by atoms with Gasteiger partial charge in [0.05, 0.1) is 0 Å². The number of aryl methyl sites for hydroxylation is 1. The number of nitrogens with one attached hydrogen (secondary N) is 1. The molecular formula is C21H22N4O4. The second kappa shape index (κ2) is 7.20. The molecule has 0 unspecified atom stereocenters. The van der Waals surface area contributed by atoms with E-state index < -0.39 is 11.6 Å². The standard InChI is InChI=1S/C21H22N4O4/c1-23-10-7-16(13-17(23)26)18(27)24-11-8-21(9-12-24)19(28)22-20(29)25(21)14-15-5-3-2-4-6-15/h2-7,10,13H,8-9,11-12,14H2,1H3,(H,22,28,29). The Labute approximate surface area is 167 Å². The van der Waals surface area contributed by atoms with Crippen LogP contribution >= 0.6 is 0 Å². The monoisotopic (exact) mass is 394 g/mol. The number of piperidine rings is 1. The molecule has 2 aliphatic heterocycles. The van der Waals surface area contributed by atoms with E-state index in [1.807, 2.05) is 30.3 Å². The third-order valence-corrected chi connectivity index (χ3v) is 5.82. The Kier molecular flexibility index (Phi) is 4.70. The van der Waals surface area contributed by atoms with Gasteiger partial charge in [0.1, 0.15) is 5.54 Å². The van der Waals surface area contributed by atoms with Crippen LogP contribution in [0.25, 0.3) is 0 Å². The molecular weight excluding hydrogens is 372 g/mol. The summed E-state index contributed by atoms with van der Waals surface area (Å²) in [7, 11) is 1.62. The molecule has 2 saturated heterocycles. The van der Waals surface area contributed by atoms with Crippen molar-refractivity contribution >= 4 is 17.8 Å². The second-order valence-corrected chi connectivity index (χ2v) is 7.52. The number of aromatic nitrogens is 1. The summed E-state index contributed by atoms with van der Waals surface area (Å²) >= 11 is 0. The van der Waals surface area contributed by atoms with Crippen LogP contribution in [0, 0.1) is 0 Å². The molecule has 1 aromatic heterocycles. The third kappa shape index (κ3) is 3.30. The molecule has 2 aliphatic rings. The van der Waals surface area contributed by atoms with E-state index in [9.17, 15) is 19.2 Å². The van der Waals surface area contributed by atoms with Crippen LogP contribution in [0.3, 0.4) is 0 Å². The van der Waals surface area contributed by atoms with E-state index in [0.29, 0.717) is 38.0 Å². The zero-order valence-electron chi connectivity index (χ0n) is 16.1. The molecule has 0 radical (unpaired) electrons. The van der Waals surface area contributed by atoms with Crippen LogP contribution in [-0.4, -0.2) is 50.8 Å². The molecule has 8 heteroatoms. The van der Waals surface area contributed by atoms with Gasteiger partial charge in [-0.05, 0) is 24.5 Å². The van der Waals surface area contributed by atoms with Crippen LogP contribution in [-0.2, 0) is 18.4 Å². The first kappa shape index (κ1) is 18.9. The Hall–Kier alpha value is -3.42. The zero-order chi connectivity index (χ0) is 20.6. The topological polar surface area (TPSA) is 91.7 Å². The number of benzene rings is 1. The highest BCUT2D eigenvalue weighted by Crippen LogP contribution is 2.34. The maximum Gasteiger partial charge on any atom is 0.325 e. The van der Waals surface area contributed by atoms with Gasteiger partial charge >= 0.3 is 6.03 Å². The van der Waals surface area contributed by atoms with Gasteiger partial charge in [0, 0.05) is 44.5 Å². The summed E-state index contributed by atoms with van der Waals surface area (Å²) in [4.78, 5) is 52.9. The molecule has 1 spiro atoms. The quantitative estimate of drug-likeness (QED) is 0.790. The van der Waals surface area contributed by atoms with Gasteiger partial charge in [-0.2, -0.15) is 0 Å². The maximum atomic E-state index is 12.8. The number of carbonyl (C=O) groups excluding carboxylic acids is 3. The van der Waals surface area contributed by atoms with Gasteiger partial charge in [0.15, 0.2) is 0 Å². The third-order valence-electron chi connectivity index (χ3n) is 5.82. The normalized spacial score (nSPS) is 18.2. The zero-order valence-corrected chi connectivity index (χ0v) is 16.1. The Morgan fingerprint density at radius 2 is 1.76 bits per heavy atom. The number of urea groups is 1. The van der Waals surface area contributed by atoms with Crippen LogP contribution in [0.2, 0.25) is 0 Å². The average Bonchev–Trinajstić information content (AvgIpc) is 2.95. The summed E-state index contributed by atoms with van der Waals surface area (Å²) in [5, 5.41) is 2.44. The predicted molar refractivity (Wildman–Crippen MR) is 105 cm³/mol. The Bertz CT molecular complexity index is 1020. The number of amides is 4. The molecule has 1 aromatic carbocycles. The smallest absolute Gasteiger partial charge is 0.325 e. The van der Waals surface area contributed by atoms with Crippen molar-refractivity contribution in [2.75, 3.05) is 13.1 Å². The highest BCUT2D eigenvalue weighted by molar-refractivity contribution is 6.07. The van der Waals surface area contributed by atoms with Crippen molar-refractivity contribution in [1.29, 1.82) is 0 Å².